The Morgan fingerprint density at radius 2 is 2.33 bits per heavy atom. The first-order valence-corrected chi connectivity index (χ1v) is 5.05. The Kier molecular flexibility index (Phi) is 7.05. The van der Waals surface area contributed by atoms with Crippen molar-refractivity contribution in [3.05, 3.63) is 0 Å². The molecular formula is C5H10ClNO4P+. The maximum absolute atomic E-state index is 10.8. The molecule has 0 aromatic rings. The fourth-order valence-electron chi connectivity index (χ4n) is 0.383. The second-order valence-corrected chi connectivity index (χ2v) is 3.30. The number of amides is 1. The molecule has 1 atom stereocenters. The Bertz CT molecular complexity index is 166. The van der Waals surface area contributed by atoms with Crippen molar-refractivity contribution in [1.29, 1.82) is 0 Å². The Hall–Kier alpha value is -0.380. The minimum Gasteiger partial charge on any atom is -0.453 e. The van der Waals surface area contributed by atoms with Gasteiger partial charge in [0.2, 0.25) is 0 Å². The summed E-state index contributed by atoms with van der Waals surface area (Å²) in [5.41, 5.74) is 0. The maximum atomic E-state index is 10.8. The van der Waals surface area contributed by atoms with Gasteiger partial charge in [-0.1, -0.05) is 0 Å². The van der Waals surface area contributed by atoms with Gasteiger partial charge in [0, 0.05) is 0 Å². The summed E-state index contributed by atoms with van der Waals surface area (Å²) < 4.78 is 19.8. The van der Waals surface area contributed by atoms with Gasteiger partial charge in [-0.3, -0.25) is 5.32 Å². The monoisotopic (exact) mass is 214 g/mol. The molecule has 0 aromatic carbocycles. The van der Waals surface area contributed by atoms with Gasteiger partial charge in [0.15, 0.2) is 0 Å². The first-order chi connectivity index (χ1) is 5.70. The number of halogens is 1. The Balaban J connectivity index is 3.37. The van der Waals surface area contributed by atoms with Crippen LogP contribution in [0.3, 0.4) is 0 Å². The lowest BCUT2D eigenvalue weighted by molar-refractivity contribution is 0.172. The Labute approximate surface area is 76.2 Å². The van der Waals surface area contributed by atoms with E-state index in [1.54, 1.807) is 0 Å². The molecule has 0 spiro atoms. The highest BCUT2D eigenvalue weighted by Gasteiger charge is 2.17. The molecule has 0 saturated carbocycles. The standard InChI is InChI=1S/C5H9ClNO4P/c1-10-5(8)7-4-12(9)11-3-2-6/h2-4H2,1H3/p+1. The maximum Gasteiger partial charge on any atom is 0.530 e. The third-order valence-electron chi connectivity index (χ3n) is 0.850. The molecule has 0 rings (SSSR count). The molecule has 1 N–H and O–H groups in total. The van der Waals surface area contributed by atoms with Crippen LogP contribution in [0.4, 0.5) is 4.79 Å². The predicted octanol–water partition coefficient (Wildman–Crippen LogP) is 1.30. The molecule has 0 radical (unpaired) electrons. The minimum absolute atomic E-state index is 0.0567. The van der Waals surface area contributed by atoms with E-state index in [0.717, 1.165) is 0 Å². The fraction of sp³-hybridized carbons (Fsp3) is 0.800. The highest BCUT2D eigenvalue weighted by atomic mass is 35.5. The quantitative estimate of drug-likeness (QED) is 0.553. The van der Waals surface area contributed by atoms with Crippen molar-refractivity contribution in [2.75, 3.05) is 25.9 Å². The van der Waals surface area contributed by atoms with Crippen LogP contribution in [0.1, 0.15) is 0 Å². The molecule has 0 fully saturated rings. The molecule has 70 valence electrons. The van der Waals surface area contributed by atoms with Crippen molar-refractivity contribution in [2.24, 2.45) is 0 Å². The smallest absolute Gasteiger partial charge is 0.453 e. The lowest BCUT2D eigenvalue weighted by Crippen LogP contribution is -2.22. The molecule has 1 amide bonds. The third kappa shape index (κ3) is 6.34. The molecule has 12 heavy (non-hydrogen) atoms. The van der Waals surface area contributed by atoms with Crippen molar-refractivity contribution in [3.63, 3.8) is 0 Å². The number of carbonyl (C=O) groups excluding carboxylic acids is 1. The summed E-state index contributed by atoms with van der Waals surface area (Å²) in [6.07, 6.45) is -0.688. The van der Waals surface area contributed by atoms with Gasteiger partial charge in [0.1, 0.15) is 6.61 Å². The molecule has 7 heteroatoms. The van der Waals surface area contributed by atoms with Gasteiger partial charge < -0.3 is 4.74 Å². The van der Waals surface area contributed by atoms with E-state index in [2.05, 4.69) is 10.1 Å². The zero-order chi connectivity index (χ0) is 9.40. The number of hydrogen-bond donors (Lipinski definition) is 1. The van der Waals surface area contributed by atoms with Crippen LogP contribution in [0.25, 0.3) is 0 Å². The Morgan fingerprint density at radius 1 is 1.67 bits per heavy atom. The SMILES string of the molecule is COC(=O)NC[P+](=O)OCCCl. The first-order valence-electron chi connectivity index (χ1n) is 3.16. The number of carbonyl (C=O) groups is 1. The van der Waals surface area contributed by atoms with Crippen molar-refractivity contribution < 1.29 is 18.6 Å². The predicted molar refractivity (Wildman–Crippen MR) is 44.7 cm³/mol. The van der Waals surface area contributed by atoms with Gasteiger partial charge >= 0.3 is 14.1 Å². The highest BCUT2D eigenvalue weighted by molar-refractivity contribution is 7.39. The first kappa shape index (κ1) is 11.6. The van der Waals surface area contributed by atoms with E-state index in [4.69, 9.17) is 16.1 Å². The van der Waals surface area contributed by atoms with Crippen LogP contribution >= 0.6 is 19.6 Å². The van der Waals surface area contributed by atoms with E-state index in [0.29, 0.717) is 0 Å². The van der Waals surface area contributed by atoms with Crippen molar-refractivity contribution in [3.8, 4) is 0 Å². The van der Waals surface area contributed by atoms with Crippen LogP contribution in [0.15, 0.2) is 0 Å². The lowest BCUT2D eigenvalue weighted by atomic mass is 10.9. The fourth-order valence-corrected chi connectivity index (χ4v) is 1.21. The largest absolute Gasteiger partial charge is 0.530 e. The Morgan fingerprint density at radius 3 is 2.83 bits per heavy atom. The zero-order valence-corrected chi connectivity index (χ0v) is 8.23. The number of alkyl carbamates (subject to hydrolysis) is 1. The molecule has 0 saturated heterocycles. The lowest BCUT2D eigenvalue weighted by Gasteiger charge is -1.94. The molecule has 0 heterocycles. The van der Waals surface area contributed by atoms with Crippen LogP contribution in [0.5, 0.6) is 0 Å². The van der Waals surface area contributed by atoms with Crippen LogP contribution in [-0.4, -0.2) is 32.0 Å². The summed E-state index contributed by atoms with van der Waals surface area (Å²) in [5.74, 6) is 0.277. The minimum atomic E-state index is -1.87. The summed E-state index contributed by atoms with van der Waals surface area (Å²) in [5, 5.41) is 2.23. The van der Waals surface area contributed by atoms with Crippen molar-refractivity contribution in [2.45, 2.75) is 0 Å². The number of hydrogen-bond acceptors (Lipinski definition) is 4. The average molecular weight is 215 g/mol. The summed E-state index contributed by atoms with van der Waals surface area (Å²) in [6.45, 7) is 0.208. The number of ether oxygens (including phenoxy) is 1. The van der Waals surface area contributed by atoms with Crippen LogP contribution in [0, 0.1) is 0 Å². The molecular weight excluding hydrogens is 204 g/mol. The molecule has 0 aromatic heterocycles. The van der Waals surface area contributed by atoms with E-state index in [1.807, 2.05) is 0 Å². The molecule has 0 aliphatic heterocycles. The topological polar surface area (TPSA) is 64.6 Å². The van der Waals surface area contributed by atoms with E-state index < -0.39 is 14.1 Å². The van der Waals surface area contributed by atoms with Gasteiger partial charge in [0.25, 0.3) is 6.29 Å². The van der Waals surface area contributed by atoms with Crippen LogP contribution in [0.2, 0.25) is 0 Å². The van der Waals surface area contributed by atoms with Crippen LogP contribution in [-0.2, 0) is 13.8 Å². The molecule has 0 aliphatic carbocycles. The van der Waals surface area contributed by atoms with Crippen molar-refractivity contribution in [1.82, 2.24) is 5.32 Å². The van der Waals surface area contributed by atoms with Gasteiger partial charge in [-0.2, -0.15) is 0 Å². The highest BCUT2D eigenvalue weighted by Crippen LogP contribution is 2.19. The van der Waals surface area contributed by atoms with Crippen molar-refractivity contribution >= 4 is 25.7 Å². The second-order valence-electron chi connectivity index (χ2n) is 1.68. The number of alkyl halides is 1. The van der Waals surface area contributed by atoms with Gasteiger partial charge in [-0.15, -0.1) is 16.1 Å². The summed E-state index contributed by atoms with van der Waals surface area (Å²) >= 11 is 5.27. The number of methoxy groups -OCH3 is 1. The van der Waals surface area contributed by atoms with Gasteiger partial charge in [-0.05, 0) is 4.57 Å². The molecule has 0 aliphatic rings. The summed E-state index contributed by atoms with van der Waals surface area (Å²) in [7, 11) is -0.647. The van der Waals surface area contributed by atoms with E-state index in [9.17, 15) is 9.36 Å². The van der Waals surface area contributed by atoms with E-state index in [-0.39, 0.29) is 18.8 Å². The van der Waals surface area contributed by atoms with Crippen LogP contribution < -0.4 is 5.32 Å². The normalized spacial score (nSPS) is 10.7. The molecule has 5 nitrogen and oxygen atoms in total. The second kappa shape index (κ2) is 7.28. The van der Waals surface area contributed by atoms with Gasteiger partial charge in [0.05, 0.1) is 13.0 Å². The van der Waals surface area contributed by atoms with E-state index >= 15 is 0 Å². The summed E-state index contributed by atoms with van der Waals surface area (Å²) in [4.78, 5) is 10.4. The molecule has 0 bridgehead atoms. The number of rotatable bonds is 5. The summed E-state index contributed by atoms with van der Waals surface area (Å²) in [6, 6.07) is 0. The third-order valence-corrected chi connectivity index (χ3v) is 1.89. The number of nitrogens with one attached hydrogen (secondary N) is 1. The average Bonchev–Trinajstić information content (AvgIpc) is 2.10. The van der Waals surface area contributed by atoms with Gasteiger partial charge in [-0.25, -0.2) is 4.79 Å². The molecule has 1 unspecified atom stereocenters. The zero-order valence-electron chi connectivity index (χ0n) is 6.58. The van der Waals surface area contributed by atoms with E-state index in [1.165, 1.54) is 7.11 Å².